The van der Waals surface area contributed by atoms with Crippen LogP contribution >= 0.6 is 0 Å². The second-order valence-electron chi connectivity index (χ2n) is 6.06. The van der Waals surface area contributed by atoms with E-state index in [2.05, 4.69) is 4.74 Å². The Labute approximate surface area is 156 Å². The van der Waals surface area contributed by atoms with Crippen LogP contribution < -0.4 is 5.73 Å². The monoisotopic (exact) mass is 374 g/mol. The first-order valence-electron chi connectivity index (χ1n) is 8.54. The summed E-state index contributed by atoms with van der Waals surface area (Å²) in [7, 11) is 1.29. The Morgan fingerprint density at radius 1 is 1.19 bits per heavy atom. The molecule has 0 aliphatic carbocycles. The van der Waals surface area contributed by atoms with Crippen molar-refractivity contribution in [3.63, 3.8) is 0 Å². The molecule has 2 rings (SSSR count). The summed E-state index contributed by atoms with van der Waals surface area (Å²) < 4.78 is 9.55. The molecule has 0 spiro atoms. The Morgan fingerprint density at radius 3 is 2.52 bits per heavy atom. The largest absolute Gasteiger partial charge is 0.465 e. The average molecular weight is 374 g/mol. The number of nitrogens with two attached hydrogens (primary N) is 1. The summed E-state index contributed by atoms with van der Waals surface area (Å²) in [5.74, 6) is -2.13. The molecule has 0 aromatic heterocycles. The van der Waals surface area contributed by atoms with Gasteiger partial charge < -0.3 is 20.1 Å². The number of nitrogens with zero attached hydrogens (tertiary/aromatic N) is 1. The number of likely N-dealkylation sites (tertiary alicyclic amines) is 1. The highest BCUT2D eigenvalue weighted by Gasteiger charge is 2.30. The van der Waals surface area contributed by atoms with Crippen molar-refractivity contribution < 1.29 is 28.7 Å². The molecule has 1 aromatic rings. The van der Waals surface area contributed by atoms with Crippen molar-refractivity contribution >= 4 is 29.8 Å². The van der Waals surface area contributed by atoms with Gasteiger partial charge in [0.1, 0.15) is 6.04 Å². The molecule has 1 atom stereocenters. The molecule has 2 N–H and O–H groups in total. The Morgan fingerprint density at radius 2 is 1.89 bits per heavy atom. The van der Waals surface area contributed by atoms with Crippen molar-refractivity contribution in [2.24, 2.45) is 5.73 Å². The Hall–Kier alpha value is -3.16. The van der Waals surface area contributed by atoms with Crippen LogP contribution in [0.25, 0.3) is 6.08 Å². The van der Waals surface area contributed by atoms with Crippen LogP contribution in [-0.2, 0) is 23.9 Å². The number of hydrogen-bond acceptors (Lipinski definition) is 6. The molecule has 1 saturated heterocycles. The highest BCUT2D eigenvalue weighted by molar-refractivity contribution is 5.92. The molecule has 1 aliphatic rings. The van der Waals surface area contributed by atoms with Crippen molar-refractivity contribution in [2.45, 2.75) is 25.3 Å². The van der Waals surface area contributed by atoms with E-state index in [9.17, 15) is 19.2 Å². The van der Waals surface area contributed by atoms with Crippen LogP contribution in [0, 0.1) is 0 Å². The van der Waals surface area contributed by atoms with Crippen LogP contribution in [0.3, 0.4) is 0 Å². The molecule has 8 heteroatoms. The number of carbonyl (C=O) groups excluding carboxylic acids is 4. The van der Waals surface area contributed by atoms with Crippen molar-refractivity contribution in [1.82, 2.24) is 4.90 Å². The molecule has 0 bridgehead atoms. The summed E-state index contributed by atoms with van der Waals surface area (Å²) in [6.07, 6.45) is 4.82. The molecule has 1 fully saturated rings. The highest BCUT2D eigenvalue weighted by Crippen LogP contribution is 2.17. The molecule has 1 aliphatic heterocycles. The maximum Gasteiger partial charge on any atom is 0.337 e. The van der Waals surface area contributed by atoms with Crippen LogP contribution in [0.5, 0.6) is 0 Å². The van der Waals surface area contributed by atoms with Gasteiger partial charge in [-0.25, -0.2) is 9.59 Å². The Balaban J connectivity index is 1.86. The number of rotatable bonds is 6. The lowest BCUT2D eigenvalue weighted by atomic mass is 10.0. The number of benzene rings is 1. The highest BCUT2D eigenvalue weighted by atomic mass is 16.5. The molecule has 0 saturated carbocycles. The first-order chi connectivity index (χ1) is 12.9. The van der Waals surface area contributed by atoms with Crippen molar-refractivity contribution in [1.29, 1.82) is 0 Å². The fraction of sp³-hybridized carbons (Fsp3) is 0.368. The summed E-state index contributed by atoms with van der Waals surface area (Å²) in [5, 5.41) is 0. The Kier molecular flexibility index (Phi) is 7.10. The van der Waals surface area contributed by atoms with Gasteiger partial charge >= 0.3 is 11.9 Å². The minimum Gasteiger partial charge on any atom is -0.465 e. The van der Waals surface area contributed by atoms with Crippen molar-refractivity contribution in [3.05, 3.63) is 41.5 Å². The summed E-state index contributed by atoms with van der Waals surface area (Å²) in [6, 6.07) is 5.79. The summed E-state index contributed by atoms with van der Waals surface area (Å²) in [5.41, 5.74) is 6.39. The smallest absolute Gasteiger partial charge is 0.337 e. The van der Waals surface area contributed by atoms with Crippen molar-refractivity contribution in [3.8, 4) is 0 Å². The van der Waals surface area contributed by atoms with Gasteiger partial charge in [0.2, 0.25) is 5.91 Å². The fourth-order valence-corrected chi connectivity index (χ4v) is 2.80. The van der Waals surface area contributed by atoms with Gasteiger partial charge in [0.05, 0.1) is 12.7 Å². The molecular formula is C19H22N2O6. The zero-order valence-corrected chi connectivity index (χ0v) is 15.1. The summed E-state index contributed by atoms with van der Waals surface area (Å²) in [4.78, 5) is 48.1. The fourth-order valence-electron chi connectivity index (χ4n) is 2.80. The third-order valence-electron chi connectivity index (χ3n) is 4.23. The average Bonchev–Trinajstić information content (AvgIpc) is 2.70. The van der Waals surface area contributed by atoms with Gasteiger partial charge in [0.15, 0.2) is 6.61 Å². The maximum atomic E-state index is 12.2. The second kappa shape index (κ2) is 9.51. The van der Waals surface area contributed by atoms with E-state index in [4.69, 9.17) is 10.5 Å². The molecule has 1 heterocycles. The minimum atomic E-state index is -0.687. The number of hydrogen-bond donors (Lipinski definition) is 1. The predicted molar refractivity (Wildman–Crippen MR) is 96.3 cm³/mol. The zero-order valence-electron chi connectivity index (χ0n) is 15.1. The van der Waals surface area contributed by atoms with Gasteiger partial charge in [-0.2, -0.15) is 0 Å². The van der Waals surface area contributed by atoms with E-state index in [1.54, 1.807) is 24.3 Å². The molecule has 27 heavy (non-hydrogen) atoms. The SMILES string of the molecule is COC(=O)c1ccc(/C=C/C(=O)OCC(=O)N2CCCC[C@H]2C(N)=O)cc1. The van der Waals surface area contributed by atoms with E-state index in [0.29, 0.717) is 24.1 Å². The molecule has 8 nitrogen and oxygen atoms in total. The lowest BCUT2D eigenvalue weighted by Gasteiger charge is -2.33. The van der Waals surface area contributed by atoms with E-state index in [0.717, 1.165) is 12.8 Å². The lowest BCUT2D eigenvalue weighted by molar-refractivity contribution is -0.151. The van der Waals surface area contributed by atoms with E-state index in [1.165, 1.54) is 24.2 Å². The topological polar surface area (TPSA) is 116 Å². The number of ether oxygens (including phenoxy) is 2. The van der Waals surface area contributed by atoms with Gasteiger partial charge in [-0.3, -0.25) is 9.59 Å². The van der Waals surface area contributed by atoms with Gasteiger partial charge in [-0.1, -0.05) is 12.1 Å². The summed E-state index contributed by atoms with van der Waals surface area (Å²) in [6.45, 7) is -0.0272. The second-order valence-corrected chi connectivity index (χ2v) is 6.06. The molecule has 0 unspecified atom stereocenters. The molecule has 1 aromatic carbocycles. The lowest BCUT2D eigenvalue weighted by Crippen LogP contribution is -2.51. The van der Waals surface area contributed by atoms with Crippen LogP contribution in [0.15, 0.2) is 30.3 Å². The predicted octanol–water partition coefficient (Wildman–Crippen LogP) is 0.896. The minimum absolute atomic E-state index is 0.397. The van der Waals surface area contributed by atoms with Crippen LogP contribution in [-0.4, -0.2) is 55.0 Å². The third kappa shape index (κ3) is 5.67. The van der Waals surface area contributed by atoms with E-state index in [1.807, 2.05) is 0 Å². The normalized spacial score (nSPS) is 16.8. The first kappa shape index (κ1) is 20.2. The first-order valence-corrected chi connectivity index (χ1v) is 8.54. The van der Waals surface area contributed by atoms with E-state index < -0.39 is 36.4 Å². The van der Waals surface area contributed by atoms with Gasteiger partial charge in [-0.15, -0.1) is 0 Å². The van der Waals surface area contributed by atoms with Crippen LogP contribution in [0.2, 0.25) is 0 Å². The number of amides is 2. The maximum absolute atomic E-state index is 12.2. The quantitative estimate of drug-likeness (QED) is 0.584. The van der Waals surface area contributed by atoms with Crippen molar-refractivity contribution in [2.75, 3.05) is 20.3 Å². The number of esters is 2. The number of carbonyl (C=O) groups is 4. The van der Waals surface area contributed by atoms with Gasteiger partial charge in [-0.05, 0) is 43.0 Å². The van der Waals surface area contributed by atoms with E-state index in [-0.39, 0.29) is 0 Å². The molecule has 144 valence electrons. The third-order valence-corrected chi connectivity index (χ3v) is 4.23. The molecular weight excluding hydrogens is 352 g/mol. The molecule has 2 amide bonds. The van der Waals surface area contributed by atoms with Crippen LogP contribution in [0.4, 0.5) is 0 Å². The summed E-state index contributed by atoms with van der Waals surface area (Å²) >= 11 is 0. The standard InChI is InChI=1S/C19H22N2O6/c1-26-19(25)14-8-5-13(6-9-14)7-10-17(23)27-12-16(22)21-11-3-2-4-15(21)18(20)24/h5-10,15H,2-4,11-12H2,1H3,(H2,20,24)/b10-7+/t15-/m0/s1. The van der Waals surface area contributed by atoms with Crippen LogP contribution in [0.1, 0.15) is 35.2 Å². The van der Waals surface area contributed by atoms with Gasteiger partial charge in [0, 0.05) is 12.6 Å². The Bertz CT molecular complexity index is 741. The van der Waals surface area contributed by atoms with E-state index >= 15 is 0 Å². The number of primary amides is 1. The molecule has 0 radical (unpaired) electrons. The van der Waals surface area contributed by atoms with Gasteiger partial charge in [0.25, 0.3) is 5.91 Å². The zero-order chi connectivity index (χ0) is 19.8. The number of methoxy groups -OCH3 is 1. The number of piperidine rings is 1.